The molecule has 192 valence electrons. The fourth-order valence-corrected chi connectivity index (χ4v) is 3.98. The van der Waals surface area contributed by atoms with Gasteiger partial charge in [0.05, 0.1) is 33.1 Å². The van der Waals surface area contributed by atoms with Crippen LogP contribution in [0.1, 0.15) is 116 Å². The summed E-state index contributed by atoms with van der Waals surface area (Å²) in [6.45, 7) is 2.85. The third kappa shape index (κ3) is 22.3. The second kappa shape index (κ2) is 22.0. The van der Waals surface area contributed by atoms with Crippen LogP contribution in [0.3, 0.4) is 0 Å². The van der Waals surface area contributed by atoms with E-state index >= 15 is 0 Å². The lowest BCUT2D eigenvalue weighted by molar-refractivity contribution is -0.111. The summed E-state index contributed by atoms with van der Waals surface area (Å²) in [7, 11) is -2.01. The Labute approximate surface area is 197 Å². The number of hydrogen-bond donors (Lipinski definition) is 0. The Balaban J connectivity index is 3.45. The van der Waals surface area contributed by atoms with E-state index in [1.807, 2.05) is 0 Å². The van der Waals surface area contributed by atoms with Crippen molar-refractivity contribution < 1.29 is 27.0 Å². The largest absolute Gasteiger partial charge is 0.448 e. The Kier molecular flexibility index (Phi) is 21.4. The summed E-state index contributed by atoms with van der Waals surface area (Å²) in [5.74, 6) is 0. The van der Waals surface area contributed by atoms with Crippen LogP contribution in [0, 0.1) is 0 Å². The van der Waals surface area contributed by atoms with Crippen molar-refractivity contribution in [1.82, 2.24) is 5.06 Å². The van der Waals surface area contributed by atoms with E-state index in [0.29, 0.717) is 13.0 Å². The summed E-state index contributed by atoms with van der Waals surface area (Å²) in [6, 6.07) is 0. The quantitative estimate of drug-likeness (QED) is 0.0931. The number of unbranched alkanes of at least 4 members (excludes halogenated alkanes) is 15. The van der Waals surface area contributed by atoms with E-state index in [0.717, 1.165) is 19.1 Å². The Morgan fingerprint density at radius 1 is 0.688 bits per heavy atom. The number of ether oxygens (including phenoxy) is 1. The molecule has 0 aliphatic heterocycles. The molecular weight excluding hydrogens is 430 g/mol. The molecule has 0 saturated heterocycles. The van der Waals surface area contributed by atoms with Crippen LogP contribution in [0.15, 0.2) is 0 Å². The van der Waals surface area contributed by atoms with Crippen molar-refractivity contribution in [2.45, 2.75) is 116 Å². The van der Waals surface area contributed by atoms with Gasteiger partial charge in [-0.15, -0.1) is 0 Å². The molecule has 0 unspecified atom stereocenters. The lowest BCUT2D eigenvalue weighted by atomic mass is 10.0. The zero-order valence-electron chi connectivity index (χ0n) is 20.9. The minimum atomic E-state index is -3.46. The van der Waals surface area contributed by atoms with Crippen molar-refractivity contribution in [3.8, 4) is 0 Å². The van der Waals surface area contributed by atoms with Gasteiger partial charge in [-0.25, -0.2) is 4.79 Å². The van der Waals surface area contributed by atoms with Gasteiger partial charge in [-0.3, -0.25) is 9.02 Å². The molecule has 8 heteroatoms. The van der Waals surface area contributed by atoms with Crippen molar-refractivity contribution >= 4 is 16.2 Å². The first kappa shape index (κ1) is 31.1. The van der Waals surface area contributed by atoms with Crippen LogP contribution >= 0.6 is 0 Å². The van der Waals surface area contributed by atoms with E-state index in [4.69, 9.17) is 9.57 Å². The van der Waals surface area contributed by atoms with Crippen LogP contribution < -0.4 is 0 Å². The average molecular weight is 480 g/mol. The number of carbonyl (C=O) groups excluding carboxylic acids is 1. The van der Waals surface area contributed by atoms with Gasteiger partial charge in [0.25, 0.3) is 10.1 Å². The van der Waals surface area contributed by atoms with Crippen LogP contribution in [-0.2, 0) is 23.9 Å². The number of hydroxylamine groups is 2. The normalized spacial score (nSPS) is 11.6. The molecule has 0 N–H and O–H groups in total. The summed E-state index contributed by atoms with van der Waals surface area (Å²) >= 11 is 0. The molecule has 0 aromatic carbocycles. The van der Waals surface area contributed by atoms with Crippen molar-refractivity contribution in [2.24, 2.45) is 0 Å². The van der Waals surface area contributed by atoms with Crippen molar-refractivity contribution in [3.63, 3.8) is 0 Å². The molecule has 0 aliphatic carbocycles. The zero-order chi connectivity index (χ0) is 23.9. The molecule has 0 fully saturated rings. The van der Waals surface area contributed by atoms with Crippen LogP contribution in [0.4, 0.5) is 4.79 Å². The van der Waals surface area contributed by atoms with Gasteiger partial charge in [0.2, 0.25) is 0 Å². The van der Waals surface area contributed by atoms with Gasteiger partial charge in [0.15, 0.2) is 0 Å². The molecular formula is C24H49NO6S. The smallest absolute Gasteiger partial charge is 0.433 e. The first-order chi connectivity index (χ1) is 15.4. The molecule has 0 rings (SSSR count). The summed E-state index contributed by atoms with van der Waals surface area (Å²) in [5.41, 5.74) is 0. The molecule has 0 saturated carbocycles. The monoisotopic (exact) mass is 479 g/mol. The fourth-order valence-electron chi connectivity index (χ4n) is 3.56. The molecule has 0 bridgehead atoms. The number of amides is 1. The molecule has 0 heterocycles. The summed E-state index contributed by atoms with van der Waals surface area (Å²) in [5, 5.41) is 1.21. The maximum Gasteiger partial charge on any atom is 0.433 e. The van der Waals surface area contributed by atoms with E-state index in [-0.39, 0.29) is 13.2 Å². The SMILES string of the molecule is CCCCCCCCCCCCCCCCCCN(OC)C(=O)OCCCOS(C)(=O)=O. The molecule has 0 atom stereocenters. The van der Waals surface area contributed by atoms with Gasteiger partial charge in [-0.1, -0.05) is 103 Å². The Morgan fingerprint density at radius 3 is 1.53 bits per heavy atom. The highest BCUT2D eigenvalue weighted by Crippen LogP contribution is 2.14. The lowest BCUT2D eigenvalue weighted by Crippen LogP contribution is -2.32. The Morgan fingerprint density at radius 2 is 1.12 bits per heavy atom. The molecule has 32 heavy (non-hydrogen) atoms. The molecule has 0 aromatic heterocycles. The Bertz CT molecular complexity index is 527. The molecule has 7 nitrogen and oxygen atoms in total. The number of hydrogen-bond acceptors (Lipinski definition) is 6. The molecule has 0 aromatic rings. The predicted molar refractivity (Wildman–Crippen MR) is 130 cm³/mol. The van der Waals surface area contributed by atoms with Crippen molar-refractivity contribution in [3.05, 3.63) is 0 Å². The van der Waals surface area contributed by atoms with Crippen LogP contribution in [0.2, 0.25) is 0 Å². The van der Waals surface area contributed by atoms with E-state index in [1.165, 1.54) is 102 Å². The number of nitrogens with zero attached hydrogens (tertiary/aromatic N) is 1. The van der Waals surface area contributed by atoms with E-state index in [9.17, 15) is 13.2 Å². The highest BCUT2D eigenvalue weighted by molar-refractivity contribution is 7.85. The van der Waals surface area contributed by atoms with Gasteiger partial charge in [0, 0.05) is 6.42 Å². The van der Waals surface area contributed by atoms with Crippen LogP contribution in [0.5, 0.6) is 0 Å². The maximum absolute atomic E-state index is 11.9. The first-order valence-electron chi connectivity index (χ1n) is 12.7. The second-order valence-corrected chi connectivity index (χ2v) is 10.2. The summed E-state index contributed by atoms with van der Waals surface area (Å²) in [6.07, 6.45) is 21.6. The van der Waals surface area contributed by atoms with Gasteiger partial charge in [0.1, 0.15) is 0 Å². The molecule has 0 aliphatic rings. The third-order valence-corrected chi connectivity index (χ3v) is 6.05. The Hall–Kier alpha value is -0.860. The zero-order valence-corrected chi connectivity index (χ0v) is 21.8. The molecule has 1 amide bonds. The fraction of sp³-hybridized carbons (Fsp3) is 0.958. The lowest BCUT2D eigenvalue weighted by Gasteiger charge is -2.19. The highest BCUT2D eigenvalue weighted by Gasteiger charge is 2.14. The predicted octanol–water partition coefficient (Wildman–Crippen LogP) is 6.61. The van der Waals surface area contributed by atoms with Gasteiger partial charge in [-0.05, 0) is 6.42 Å². The highest BCUT2D eigenvalue weighted by atomic mass is 32.2. The van der Waals surface area contributed by atoms with Crippen LogP contribution in [-0.4, -0.2) is 52.7 Å². The molecule has 0 radical (unpaired) electrons. The van der Waals surface area contributed by atoms with Gasteiger partial charge >= 0.3 is 6.09 Å². The number of carbonyl (C=O) groups is 1. The number of rotatable bonds is 23. The second-order valence-electron chi connectivity index (χ2n) is 8.58. The van der Waals surface area contributed by atoms with E-state index in [2.05, 4.69) is 11.1 Å². The van der Waals surface area contributed by atoms with Crippen LogP contribution in [0.25, 0.3) is 0 Å². The van der Waals surface area contributed by atoms with Gasteiger partial charge in [-0.2, -0.15) is 13.5 Å². The first-order valence-corrected chi connectivity index (χ1v) is 14.5. The third-order valence-electron chi connectivity index (χ3n) is 5.45. The topological polar surface area (TPSA) is 82.1 Å². The maximum atomic E-state index is 11.9. The van der Waals surface area contributed by atoms with Crippen molar-refractivity contribution in [2.75, 3.05) is 33.1 Å². The summed E-state index contributed by atoms with van der Waals surface area (Å²) in [4.78, 5) is 17.0. The van der Waals surface area contributed by atoms with E-state index < -0.39 is 16.2 Å². The van der Waals surface area contributed by atoms with E-state index in [1.54, 1.807) is 0 Å². The van der Waals surface area contributed by atoms with Crippen molar-refractivity contribution in [1.29, 1.82) is 0 Å². The molecule has 0 spiro atoms. The average Bonchev–Trinajstić information content (AvgIpc) is 2.75. The minimum Gasteiger partial charge on any atom is -0.448 e. The van der Waals surface area contributed by atoms with Gasteiger partial charge < -0.3 is 4.74 Å². The summed E-state index contributed by atoms with van der Waals surface area (Å²) < 4.78 is 31.4. The standard InChI is InChI=1S/C24H49NO6S/c1-4-5-6-7-8-9-10-11-12-13-14-15-16-17-18-19-21-25(29-2)24(26)30-22-20-23-31-32(3,27)28/h4-23H2,1-3H3. The minimum absolute atomic E-state index is 0.00177.